The summed E-state index contributed by atoms with van der Waals surface area (Å²) in [4.78, 5) is 46.5. The lowest BCUT2D eigenvalue weighted by molar-refractivity contribution is -0.137. The number of carbonyl (C=O) groups is 3. The quantitative estimate of drug-likeness (QED) is 0.239. The molecule has 1 fully saturated rings. The van der Waals surface area contributed by atoms with Gasteiger partial charge in [-0.3, -0.25) is 14.6 Å². The van der Waals surface area contributed by atoms with Crippen LogP contribution in [0.3, 0.4) is 0 Å². The minimum absolute atomic E-state index is 0.0984. The van der Waals surface area contributed by atoms with Crippen LogP contribution < -0.4 is 21.7 Å². The molecule has 0 spiro atoms. The number of benzene rings is 2. The summed E-state index contributed by atoms with van der Waals surface area (Å²) in [7, 11) is 0. The zero-order valence-electron chi connectivity index (χ0n) is 26.2. The third-order valence-electron chi connectivity index (χ3n) is 7.50. The van der Waals surface area contributed by atoms with Gasteiger partial charge in [0.25, 0.3) is 0 Å². The van der Waals surface area contributed by atoms with Crippen molar-refractivity contribution in [3.8, 4) is 0 Å². The lowest BCUT2D eigenvalue weighted by Crippen LogP contribution is -2.54. The molecule has 46 heavy (non-hydrogen) atoms. The number of nitrogens with two attached hydrogens (primary N) is 1. The van der Waals surface area contributed by atoms with Crippen LogP contribution in [0.25, 0.3) is 10.9 Å². The average molecular weight is 643 g/mol. The van der Waals surface area contributed by atoms with E-state index in [-0.39, 0.29) is 18.9 Å². The van der Waals surface area contributed by atoms with Crippen molar-refractivity contribution < 1.29 is 32.3 Å². The van der Waals surface area contributed by atoms with Crippen LogP contribution in [0.15, 0.2) is 60.8 Å². The molecule has 4 rings (SSSR count). The number of anilines is 1. The lowest BCUT2D eigenvalue weighted by Gasteiger charge is -2.26. The Kier molecular flexibility index (Phi) is 11.2. The number of fused-ring (bicyclic) bond motifs is 1. The normalized spacial score (nSPS) is 16.9. The molecule has 5 N–H and O–H groups in total. The van der Waals surface area contributed by atoms with Crippen molar-refractivity contribution in [3.05, 3.63) is 71.9 Å². The first-order chi connectivity index (χ1) is 21.7. The van der Waals surface area contributed by atoms with Crippen LogP contribution in [-0.2, 0) is 26.9 Å². The summed E-state index contributed by atoms with van der Waals surface area (Å²) >= 11 is 0. The number of hydrogen-bond acceptors (Lipinski definition) is 7. The molecule has 1 aliphatic rings. The van der Waals surface area contributed by atoms with Crippen molar-refractivity contribution in [3.63, 3.8) is 0 Å². The molecule has 1 unspecified atom stereocenters. The molecule has 2 heterocycles. The Hall–Kier alpha value is -4.23. The summed E-state index contributed by atoms with van der Waals surface area (Å²) in [6.07, 6.45) is -2.25. The first-order valence-corrected chi connectivity index (χ1v) is 15.3. The Morgan fingerprint density at radius 3 is 2.39 bits per heavy atom. The van der Waals surface area contributed by atoms with Crippen LogP contribution in [0, 0.1) is 0 Å². The number of nitrogens with zero attached hydrogens (tertiary/aromatic N) is 2. The Bertz CT molecular complexity index is 1510. The van der Waals surface area contributed by atoms with E-state index in [2.05, 4.69) is 25.8 Å². The molecule has 3 amide bonds. The largest absolute Gasteiger partial charge is 0.444 e. The van der Waals surface area contributed by atoms with Crippen LogP contribution in [-0.4, -0.2) is 71.2 Å². The van der Waals surface area contributed by atoms with Gasteiger partial charge in [-0.1, -0.05) is 30.3 Å². The summed E-state index contributed by atoms with van der Waals surface area (Å²) in [5.74, 6) is -1.24. The van der Waals surface area contributed by atoms with E-state index in [0.29, 0.717) is 24.2 Å². The van der Waals surface area contributed by atoms with Gasteiger partial charge in [0.05, 0.1) is 23.0 Å². The highest BCUT2D eigenvalue weighted by atomic mass is 19.4. The van der Waals surface area contributed by atoms with Gasteiger partial charge in [0.1, 0.15) is 17.7 Å². The number of carbonyl (C=O) groups excluding carboxylic acids is 3. The van der Waals surface area contributed by atoms with Crippen molar-refractivity contribution in [2.45, 2.75) is 76.4 Å². The van der Waals surface area contributed by atoms with Crippen molar-refractivity contribution in [1.82, 2.24) is 20.5 Å². The summed E-state index contributed by atoms with van der Waals surface area (Å²) in [6.45, 7) is 7.35. The Labute approximate surface area is 266 Å². The van der Waals surface area contributed by atoms with Crippen LogP contribution >= 0.6 is 0 Å². The predicted molar refractivity (Wildman–Crippen MR) is 169 cm³/mol. The van der Waals surface area contributed by atoms with Crippen LogP contribution in [0.4, 0.5) is 23.7 Å². The molecule has 1 aliphatic heterocycles. The number of pyridine rings is 1. The number of rotatable bonds is 11. The van der Waals surface area contributed by atoms with Crippen molar-refractivity contribution in [1.29, 1.82) is 0 Å². The van der Waals surface area contributed by atoms with E-state index in [1.807, 2.05) is 24.3 Å². The number of likely N-dealkylation sites (tertiary alicyclic amines) is 1. The molecule has 13 heteroatoms. The highest BCUT2D eigenvalue weighted by Crippen LogP contribution is 2.29. The van der Waals surface area contributed by atoms with Gasteiger partial charge in [0.15, 0.2) is 0 Å². The number of alkyl halides is 3. The minimum atomic E-state index is -4.52. The minimum Gasteiger partial charge on any atom is -0.444 e. The van der Waals surface area contributed by atoms with Gasteiger partial charge in [-0.25, -0.2) is 4.79 Å². The van der Waals surface area contributed by atoms with E-state index in [1.165, 1.54) is 18.3 Å². The van der Waals surface area contributed by atoms with Crippen molar-refractivity contribution in [2.24, 2.45) is 5.73 Å². The van der Waals surface area contributed by atoms with Crippen molar-refractivity contribution in [2.75, 3.05) is 25.0 Å². The van der Waals surface area contributed by atoms with Crippen molar-refractivity contribution >= 4 is 34.5 Å². The van der Waals surface area contributed by atoms with Gasteiger partial charge in [0.2, 0.25) is 11.8 Å². The Balaban J connectivity index is 1.53. The van der Waals surface area contributed by atoms with E-state index in [1.54, 1.807) is 26.8 Å². The second-order valence-electron chi connectivity index (χ2n) is 12.6. The second-order valence-corrected chi connectivity index (χ2v) is 12.6. The highest BCUT2D eigenvalue weighted by molar-refractivity contribution is 5.99. The fraction of sp³-hybridized carbons (Fsp3) is 0.455. The van der Waals surface area contributed by atoms with Gasteiger partial charge in [-0.05, 0) is 83.0 Å². The number of aromatic nitrogens is 1. The first kappa shape index (κ1) is 34.6. The molecule has 248 valence electrons. The summed E-state index contributed by atoms with van der Waals surface area (Å²) in [5, 5.41) is 8.90. The molecular weight excluding hydrogens is 601 g/mol. The maximum Gasteiger partial charge on any atom is 0.416 e. The fourth-order valence-electron chi connectivity index (χ4n) is 5.22. The number of alkyl carbamates (subject to hydrolysis) is 1. The number of hydrogen-bond donors (Lipinski definition) is 4. The van der Waals surface area contributed by atoms with E-state index >= 15 is 0 Å². The topological polar surface area (TPSA) is 139 Å². The molecular formula is C33H41F3N6O4. The van der Waals surface area contributed by atoms with Crippen LogP contribution in [0.5, 0.6) is 0 Å². The van der Waals surface area contributed by atoms with E-state index in [0.717, 1.165) is 42.5 Å². The summed E-state index contributed by atoms with van der Waals surface area (Å²) < 4.78 is 44.9. The zero-order valence-corrected chi connectivity index (χ0v) is 26.2. The number of halogens is 3. The Morgan fingerprint density at radius 2 is 1.74 bits per heavy atom. The molecule has 0 radical (unpaired) electrons. The van der Waals surface area contributed by atoms with Gasteiger partial charge in [0, 0.05) is 24.4 Å². The zero-order chi connectivity index (χ0) is 33.5. The molecule has 2 aromatic carbocycles. The van der Waals surface area contributed by atoms with E-state index in [4.69, 9.17) is 10.5 Å². The number of para-hydroxylation sites is 1. The molecule has 10 nitrogen and oxygen atoms in total. The second kappa shape index (κ2) is 14.9. The Morgan fingerprint density at radius 1 is 1.02 bits per heavy atom. The fourth-order valence-corrected chi connectivity index (χ4v) is 5.22. The maximum absolute atomic E-state index is 13.7. The highest BCUT2D eigenvalue weighted by Gasteiger charge is 2.32. The third kappa shape index (κ3) is 10.4. The predicted octanol–water partition coefficient (Wildman–Crippen LogP) is 4.63. The van der Waals surface area contributed by atoms with Gasteiger partial charge in [-0.2, -0.15) is 13.2 Å². The van der Waals surface area contributed by atoms with E-state index < -0.39 is 47.3 Å². The molecule has 1 aromatic heterocycles. The summed E-state index contributed by atoms with van der Waals surface area (Å²) in [6, 6.07) is 11.3. The number of amides is 3. The van der Waals surface area contributed by atoms with Gasteiger partial charge < -0.3 is 31.3 Å². The summed E-state index contributed by atoms with van der Waals surface area (Å²) in [5.41, 5.74) is 5.87. The number of nitrogens with one attached hydrogen (secondary N) is 3. The maximum atomic E-state index is 13.7. The molecule has 0 aliphatic carbocycles. The first-order valence-electron chi connectivity index (χ1n) is 15.3. The SMILES string of the molecule is CC(C)(C)OC(=O)N[C@@H](CCCN1CCC(N)C1)C(=O)N[C@H](Cc1ccc(C(F)(F)F)cc1)C(=O)Nc1cnc2ccccc2c1. The molecule has 3 aromatic rings. The molecule has 1 saturated heterocycles. The standard InChI is InChI=1S/C33H41F3N6O4/c1-32(2,3)46-31(45)41-27(9-6-15-42-16-14-24(37)20-42)29(43)40-28(17-21-10-12-23(13-11-21)33(34,35)36)30(44)39-25-18-22-7-4-5-8-26(22)38-19-25/h4-5,7-8,10-13,18-19,24,27-28H,6,9,14-17,20,37H2,1-3H3,(H,39,44)(H,40,43)(H,41,45)/t24?,27-,28+/m0/s1. The van der Waals surface area contributed by atoms with E-state index in [9.17, 15) is 27.6 Å². The third-order valence-corrected chi connectivity index (χ3v) is 7.50. The monoisotopic (exact) mass is 642 g/mol. The smallest absolute Gasteiger partial charge is 0.416 e. The van der Waals surface area contributed by atoms with Gasteiger partial charge >= 0.3 is 12.3 Å². The molecule has 0 bridgehead atoms. The lowest BCUT2D eigenvalue weighted by atomic mass is 10.0. The molecule has 3 atom stereocenters. The average Bonchev–Trinajstić information content (AvgIpc) is 3.39. The molecule has 0 saturated carbocycles. The van der Waals surface area contributed by atoms with Crippen LogP contribution in [0.2, 0.25) is 0 Å². The van der Waals surface area contributed by atoms with Crippen LogP contribution in [0.1, 0.15) is 51.2 Å². The van der Waals surface area contributed by atoms with Gasteiger partial charge in [-0.15, -0.1) is 0 Å². The number of ether oxygens (including phenoxy) is 1.